The highest BCUT2D eigenvalue weighted by Crippen LogP contribution is 2.33. The van der Waals surface area contributed by atoms with E-state index in [1.807, 2.05) is 0 Å². The van der Waals surface area contributed by atoms with E-state index in [4.69, 9.17) is 4.74 Å². The second-order valence-electron chi connectivity index (χ2n) is 8.90. The highest BCUT2D eigenvalue weighted by molar-refractivity contribution is 7.22. The lowest BCUT2D eigenvalue weighted by molar-refractivity contribution is -0.274. The van der Waals surface area contributed by atoms with Crippen molar-refractivity contribution in [2.45, 2.75) is 19.2 Å². The lowest BCUT2D eigenvalue weighted by atomic mass is 10.3. The highest BCUT2D eigenvalue weighted by Gasteiger charge is 2.31. The maximum atomic E-state index is 13.3. The molecule has 202 valence electrons. The monoisotopic (exact) mass is 550 g/mol. The van der Waals surface area contributed by atoms with Crippen LogP contribution in [0.25, 0.3) is 10.2 Å². The number of aromatic nitrogens is 2. The molecule has 5 rings (SSSR count). The molecule has 3 heterocycles. The molecule has 1 aliphatic heterocycles. The van der Waals surface area contributed by atoms with Crippen LogP contribution in [0, 0.1) is 5.92 Å². The van der Waals surface area contributed by atoms with Crippen LogP contribution < -0.4 is 20.3 Å². The zero-order chi connectivity index (χ0) is 26.7. The maximum absolute atomic E-state index is 13.3. The van der Waals surface area contributed by atoms with Crippen molar-refractivity contribution in [3.8, 4) is 5.75 Å². The molecule has 1 aromatic carbocycles. The van der Waals surface area contributed by atoms with Crippen molar-refractivity contribution in [1.82, 2.24) is 14.9 Å². The summed E-state index contributed by atoms with van der Waals surface area (Å²) in [6, 6.07) is 6.14. The van der Waals surface area contributed by atoms with E-state index in [-0.39, 0.29) is 17.6 Å². The number of amides is 3. The lowest BCUT2D eigenvalue weighted by Gasteiger charge is -2.29. The summed E-state index contributed by atoms with van der Waals surface area (Å²) in [7, 11) is 0. The van der Waals surface area contributed by atoms with Crippen molar-refractivity contribution in [3.63, 3.8) is 0 Å². The van der Waals surface area contributed by atoms with Gasteiger partial charge >= 0.3 is 12.4 Å². The van der Waals surface area contributed by atoms with Gasteiger partial charge in [-0.25, -0.2) is 14.8 Å². The van der Waals surface area contributed by atoms with Crippen LogP contribution in [0.2, 0.25) is 0 Å². The Bertz CT molecular complexity index is 1290. The molecule has 1 saturated carbocycles. The fraction of sp³-hybridized carbons (Fsp3) is 0.417. The van der Waals surface area contributed by atoms with E-state index in [0.717, 1.165) is 42.8 Å². The Morgan fingerprint density at radius 1 is 1.16 bits per heavy atom. The Kier molecular flexibility index (Phi) is 7.63. The van der Waals surface area contributed by atoms with Crippen LogP contribution in [0.4, 0.5) is 34.6 Å². The van der Waals surface area contributed by atoms with E-state index >= 15 is 0 Å². The first kappa shape index (κ1) is 26.1. The summed E-state index contributed by atoms with van der Waals surface area (Å²) in [4.78, 5) is 37.9. The van der Waals surface area contributed by atoms with Gasteiger partial charge in [-0.3, -0.25) is 14.6 Å². The van der Waals surface area contributed by atoms with E-state index in [9.17, 15) is 22.8 Å². The van der Waals surface area contributed by atoms with Gasteiger partial charge in [0, 0.05) is 43.9 Å². The summed E-state index contributed by atoms with van der Waals surface area (Å²) >= 11 is 1.30. The van der Waals surface area contributed by atoms with Crippen LogP contribution in [-0.4, -0.2) is 72.6 Å². The minimum atomic E-state index is -4.80. The molecular formula is C24H25F3N6O4S. The molecule has 3 amide bonds. The summed E-state index contributed by atoms with van der Waals surface area (Å²) in [6.07, 6.45) is -1.49. The summed E-state index contributed by atoms with van der Waals surface area (Å²) in [5.74, 6) is -0.00913. The molecule has 2 aromatic heterocycles. The van der Waals surface area contributed by atoms with E-state index in [2.05, 4.69) is 30.2 Å². The van der Waals surface area contributed by atoms with Crippen LogP contribution in [0.1, 0.15) is 12.8 Å². The summed E-state index contributed by atoms with van der Waals surface area (Å²) in [6.45, 7) is 3.57. The number of benzene rings is 1. The molecular weight excluding hydrogens is 525 g/mol. The van der Waals surface area contributed by atoms with Gasteiger partial charge in [0.1, 0.15) is 17.1 Å². The molecule has 38 heavy (non-hydrogen) atoms. The second-order valence-corrected chi connectivity index (χ2v) is 9.93. The van der Waals surface area contributed by atoms with Crippen LogP contribution >= 0.6 is 11.3 Å². The highest BCUT2D eigenvalue weighted by atomic mass is 32.1. The standard InChI is InChI=1S/C24H25F3N6O4S/c25-24(26,27)37-17-5-3-16(4-6-17)29-23(35)33(8-7-32-9-11-36-12-10-32)20-13-19-18(14-28-20)30-22(38-19)31-21(34)15-1-2-15/h3-6,13-15H,1-2,7-12H2,(H,29,35)(H,30,31,34). The Morgan fingerprint density at radius 3 is 2.58 bits per heavy atom. The van der Waals surface area contributed by atoms with Crippen molar-refractivity contribution in [2.24, 2.45) is 5.92 Å². The van der Waals surface area contributed by atoms with Crippen molar-refractivity contribution in [1.29, 1.82) is 0 Å². The zero-order valence-electron chi connectivity index (χ0n) is 20.2. The molecule has 2 N–H and O–H groups in total. The first-order valence-electron chi connectivity index (χ1n) is 12.1. The number of ether oxygens (including phenoxy) is 2. The quantitative estimate of drug-likeness (QED) is 0.430. The summed E-state index contributed by atoms with van der Waals surface area (Å²) in [5.41, 5.74) is 0.892. The SMILES string of the molecule is O=C(Nc1nc2cnc(N(CCN3CCOCC3)C(=O)Nc3ccc(OC(F)(F)F)cc3)cc2s1)C1CC1. The number of hydrogen-bond donors (Lipinski definition) is 2. The molecule has 1 saturated heterocycles. The number of halogens is 3. The number of thiazole rings is 1. The Hall–Kier alpha value is -3.49. The molecule has 2 fully saturated rings. The first-order valence-corrected chi connectivity index (χ1v) is 12.9. The number of rotatable bonds is 8. The van der Waals surface area contributed by atoms with Gasteiger partial charge in [0.2, 0.25) is 5.91 Å². The fourth-order valence-electron chi connectivity index (χ4n) is 3.89. The van der Waals surface area contributed by atoms with E-state index in [1.165, 1.54) is 28.4 Å². The Balaban J connectivity index is 1.33. The number of urea groups is 1. The molecule has 2 aliphatic rings. The van der Waals surface area contributed by atoms with Crippen molar-refractivity contribution in [2.75, 3.05) is 54.9 Å². The third kappa shape index (κ3) is 6.88. The van der Waals surface area contributed by atoms with Gasteiger partial charge in [0.15, 0.2) is 5.13 Å². The van der Waals surface area contributed by atoms with Gasteiger partial charge in [-0.05, 0) is 37.1 Å². The minimum Gasteiger partial charge on any atom is -0.406 e. The number of nitrogens with one attached hydrogen (secondary N) is 2. The van der Waals surface area contributed by atoms with Gasteiger partial charge in [-0.2, -0.15) is 0 Å². The summed E-state index contributed by atoms with van der Waals surface area (Å²) < 4.78 is 47.4. The smallest absolute Gasteiger partial charge is 0.406 e. The number of alkyl halides is 3. The molecule has 0 unspecified atom stereocenters. The zero-order valence-corrected chi connectivity index (χ0v) is 21.0. The Labute approximate surface area is 219 Å². The van der Waals surface area contributed by atoms with Gasteiger partial charge < -0.3 is 20.1 Å². The number of anilines is 3. The molecule has 10 nitrogen and oxygen atoms in total. The van der Waals surface area contributed by atoms with Gasteiger partial charge in [0.05, 0.1) is 24.1 Å². The molecule has 14 heteroatoms. The number of carbonyl (C=O) groups excluding carboxylic acids is 2. The molecule has 0 atom stereocenters. The predicted octanol–water partition coefficient (Wildman–Crippen LogP) is 4.31. The lowest BCUT2D eigenvalue weighted by Crippen LogP contribution is -2.44. The van der Waals surface area contributed by atoms with Crippen molar-refractivity contribution >= 4 is 50.1 Å². The second kappa shape index (κ2) is 11.1. The van der Waals surface area contributed by atoms with E-state index in [0.29, 0.717) is 48.5 Å². The van der Waals surface area contributed by atoms with Crippen LogP contribution in [0.15, 0.2) is 36.5 Å². The largest absolute Gasteiger partial charge is 0.573 e. The molecule has 0 radical (unpaired) electrons. The van der Waals surface area contributed by atoms with Crippen LogP contribution in [0.3, 0.4) is 0 Å². The molecule has 1 aliphatic carbocycles. The number of fused-ring (bicyclic) bond motifs is 1. The van der Waals surface area contributed by atoms with Gasteiger partial charge in [0.25, 0.3) is 0 Å². The van der Waals surface area contributed by atoms with Crippen molar-refractivity contribution < 1.29 is 32.2 Å². The number of morpholine rings is 1. The Morgan fingerprint density at radius 2 is 1.89 bits per heavy atom. The number of pyridine rings is 1. The topological polar surface area (TPSA) is 109 Å². The van der Waals surface area contributed by atoms with Gasteiger partial charge in [-0.15, -0.1) is 13.2 Å². The molecule has 0 spiro atoms. The predicted molar refractivity (Wildman–Crippen MR) is 136 cm³/mol. The third-order valence-corrected chi connectivity index (χ3v) is 6.98. The van der Waals surface area contributed by atoms with Crippen molar-refractivity contribution in [3.05, 3.63) is 36.5 Å². The minimum absolute atomic E-state index is 0.0455. The average Bonchev–Trinajstić information content (AvgIpc) is 3.66. The number of hydrogen-bond acceptors (Lipinski definition) is 8. The first-order chi connectivity index (χ1) is 18.2. The number of carbonyl (C=O) groups is 2. The normalized spacial score (nSPS) is 16.3. The fourth-order valence-corrected chi connectivity index (χ4v) is 4.76. The number of nitrogens with zero attached hydrogens (tertiary/aromatic N) is 4. The molecule has 3 aromatic rings. The maximum Gasteiger partial charge on any atom is 0.573 e. The van der Waals surface area contributed by atoms with Crippen LogP contribution in [-0.2, 0) is 9.53 Å². The van der Waals surface area contributed by atoms with E-state index in [1.54, 1.807) is 12.3 Å². The summed E-state index contributed by atoms with van der Waals surface area (Å²) in [5, 5.41) is 6.02. The molecule has 0 bridgehead atoms. The van der Waals surface area contributed by atoms with Gasteiger partial charge in [-0.1, -0.05) is 11.3 Å². The average molecular weight is 551 g/mol. The van der Waals surface area contributed by atoms with E-state index < -0.39 is 12.4 Å². The third-order valence-electron chi connectivity index (χ3n) is 6.04. The van der Waals surface area contributed by atoms with Crippen LogP contribution in [0.5, 0.6) is 5.75 Å².